The lowest BCUT2D eigenvalue weighted by molar-refractivity contribution is -0.140. The van der Waals surface area contributed by atoms with Crippen molar-refractivity contribution in [1.82, 2.24) is 24.1 Å². The van der Waals surface area contributed by atoms with Crippen LogP contribution in [0.2, 0.25) is 0 Å². The van der Waals surface area contributed by atoms with Crippen LogP contribution in [0, 0.1) is 5.82 Å². The zero-order valence-corrected chi connectivity index (χ0v) is 15.3. The number of hydrogen-bond donors (Lipinski definition) is 0. The number of alkyl halides is 3. The van der Waals surface area contributed by atoms with Crippen LogP contribution >= 0.6 is 15.9 Å². The minimum atomic E-state index is -4.82. The summed E-state index contributed by atoms with van der Waals surface area (Å²) in [5, 5.41) is 8.58. The summed E-state index contributed by atoms with van der Waals surface area (Å²) in [4.78, 5) is 4.41. The number of pyridine rings is 1. The van der Waals surface area contributed by atoms with Crippen molar-refractivity contribution in [2.24, 2.45) is 0 Å². The summed E-state index contributed by atoms with van der Waals surface area (Å²) < 4.78 is 57.5. The van der Waals surface area contributed by atoms with Crippen molar-refractivity contribution in [2.75, 3.05) is 0 Å². The third-order valence-electron chi connectivity index (χ3n) is 4.51. The van der Waals surface area contributed by atoms with Crippen molar-refractivity contribution in [3.8, 4) is 5.69 Å². The van der Waals surface area contributed by atoms with Gasteiger partial charge in [0.25, 0.3) is 0 Å². The lowest BCUT2D eigenvalue weighted by Crippen LogP contribution is -2.09. The molecule has 0 saturated heterocycles. The highest BCUT2D eigenvalue weighted by Crippen LogP contribution is 2.35. The van der Waals surface area contributed by atoms with Crippen LogP contribution in [0.3, 0.4) is 0 Å². The maximum atomic E-state index is 13.8. The van der Waals surface area contributed by atoms with Crippen LogP contribution in [0.1, 0.15) is 5.56 Å². The van der Waals surface area contributed by atoms with Crippen LogP contribution in [0.5, 0.6) is 0 Å². The van der Waals surface area contributed by atoms with Crippen LogP contribution in [-0.4, -0.2) is 24.1 Å². The van der Waals surface area contributed by atoms with E-state index < -0.39 is 17.6 Å². The smallest absolute Gasteiger partial charge is 0.276 e. The molecule has 0 bridgehead atoms. The highest BCUT2D eigenvalue weighted by Gasteiger charge is 2.34. The van der Waals surface area contributed by atoms with E-state index in [9.17, 15) is 17.6 Å². The molecule has 0 aliphatic carbocycles. The Labute approximate surface area is 162 Å². The Morgan fingerprint density at radius 1 is 1.04 bits per heavy atom. The quantitative estimate of drug-likeness (QED) is 0.333. The van der Waals surface area contributed by atoms with Crippen molar-refractivity contribution >= 4 is 43.6 Å². The van der Waals surface area contributed by atoms with Crippen LogP contribution in [-0.2, 0) is 6.18 Å². The van der Waals surface area contributed by atoms with Gasteiger partial charge < -0.3 is 0 Å². The number of imidazole rings is 1. The number of halogens is 5. The van der Waals surface area contributed by atoms with Crippen LogP contribution in [0.4, 0.5) is 17.6 Å². The molecule has 3 aromatic heterocycles. The third-order valence-corrected chi connectivity index (χ3v) is 5.00. The van der Waals surface area contributed by atoms with Gasteiger partial charge >= 0.3 is 6.18 Å². The zero-order chi connectivity index (χ0) is 19.6. The van der Waals surface area contributed by atoms with Gasteiger partial charge in [-0.05, 0) is 36.4 Å². The van der Waals surface area contributed by atoms with Crippen LogP contribution in [0.25, 0.3) is 33.4 Å². The Balaban J connectivity index is 1.96. The van der Waals surface area contributed by atoms with Gasteiger partial charge in [0.1, 0.15) is 12.1 Å². The first-order valence-corrected chi connectivity index (χ1v) is 8.79. The van der Waals surface area contributed by atoms with Gasteiger partial charge in [0.2, 0.25) is 5.78 Å². The fraction of sp³-hybridized carbons (Fsp3) is 0.0556. The maximum absolute atomic E-state index is 13.8. The van der Waals surface area contributed by atoms with Crippen molar-refractivity contribution in [3.05, 3.63) is 64.8 Å². The molecular formula is C18H8BrF4N5. The molecule has 0 aliphatic heterocycles. The second-order valence-corrected chi connectivity index (χ2v) is 7.07. The summed E-state index contributed by atoms with van der Waals surface area (Å²) in [6.07, 6.45) is -1.76. The first-order chi connectivity index (χ1) is 13.3. The van der Waals surface area contributed by atoms with E-state index in [0.29, 0.717) is 27.7 Å². The average molecular weight is 450 g/mol. The molecule has 0 spiro atoms. The molecule has 140 valence electrons. The fourth-order valence-electron chi connectivity index (χ4n) is 3.32. The average Bonchev–Trinajstić information content (AvgIpc) is 3.22. The first kappa shape index (κ1) is 17.1. The Morgan fingerprint density at radius 2 is 1.86 bits per heavy atom. The molecule has 0 aliphatic rings. The minimum absolute atomic E-state index is 0.120. The molecule has 0 atom stereocenters. The van der Waals surface area contributed by atoms with Crippen molar-refractivity contribution < 1.29 is 17.6 Å². The van der Waals surface area contributed by atoms with Gasteiger partial charge in [-0.3, -0.25) is 14.0 Å². The molecule has 2 aromatic carbocycles. The fourth-order valence-corrected chi connectivity index (χ4v) is 3.68. The lowest BCUT2D eigenvalue weighted by Gasteiger charge is -2.12. The molecule has 0 radical (unpaired) electrons. The molecule has 0 saturated carbocycles. The highest BCUT2D eigenvalue weighted by atomic mass is 79.9. The van der Waals surface area contributed by atoms with Crippen molar-refractivity contribution in [3.63, 3.8) is 0 Å². The summed E-state index contributed by atoms with van der Waals surface area (Å²) in [6, 6.07) is 8.29. The Morgan fingerprint density at radius 3 is 2.64 bits per heavy atom. The summed E-state index contributed by atoms with van der Waals surface area (Å²) in [5.41, 5.74) is 0.640. The molecule has 5 nitrogen and oxygen atoms in total. The molecule has 10 heteroatoms. The predicted octanol–water partition coefficient (Wildman–Crippen LogP) is 5.14. The van der Waals surface area contributed by atoms with Crippen LogP contribution < -0.4 is 0 Å². The van der Waals surface area contributed by atoms with Gasteiger partial charge in [0, 0.05) is 9.86 Å². The van der Waals surface area contributed by atoms with E-state index in [1.807, 2.05) is 12.1 Å². The second kappa shape index (κ2) is 5.74. The number of benzene rings is 2. The summed E-state index contributed by atoms with van der Waals surface area (Å²) in [7, 11) is 0. The van der Waals surface area contributed by atoms with Crippen molar-refractivity contribution in [2.45, 2.75) is 6.18 Å². The van der Waals surface area contributed by atoms with Gasteiger partial charge in [-0.1, -0.05) is 15.9 Å². The molecule has 5 rings (SSSR count). The van der Waals surface area contributed by atoms with E-state index >= 15 is 0 Å². The Kier molecular flexibility index (Phi) is 3.51. The predicted molar refractivity (Wildman–Crippen MR) is 97.8 cm³/mol. The third kappa shape index (κ3) is 2.40. The number of rotatable bonds is 1. The van der Waals surface area contributed by atoms with E-state index in [1.165, 1.54) is 17.0 Å². The molecule has 3 heterocycles. The van der Waals surface area contributed by atoms with Crippen LogP contribution in [0.15, 0.2) is 53.4 Å². The monoisotopic (exact) mass is 449 g/mol. The maximum Gasteiger partial charge on any atom is 0.419 e. The van der Waals surface area contributed by atoms with Gasteiger partial charge in [-0.25, -0.2) is 4.39 Å². The molecule has 0 N–H and O–H groups in total. The van der Waals surface area contributed by atoms with E-state index in [2.05, 4.69) is 31.1 Å². The Hall–Kier alpha value is -3.01. The topological polar surface area (TPSA) is 48.0 Å². The molecule has 0 amide bonds. The Bertz CT molecular complexity index is 1390. The largest absolute Gasteiger partial charge is 0.419 e. The minimum Gasteiger partial charge on any atom is -0.276 e. The number of nitrogens with zero attached hydrogens (tertiary/aromatic N) is 5. The van der Waals surface area contributed by atoms with Gasteiger partial charge in [0.15, 0.2) is 0 Å². The lowest BCUT2D eigenvalue weighted by atomic mass is 10.1. The summed E-state index contributed by atoms with van der Waals surface area (Å²) in [6.45, 7) is 0. The van der Waals surface area contributed by atoms with Gasteiger partial charge in [-0.2, -0.15) is 13.2 Å². The van der Waals surface area contributed by atoms with Gasteiger partial charge in [0.05, 0.1) is 34.0 Å². The van der Waals surface area contributed by atoms with Gasteiger partial charge in [-0.15, -0.1) is 10.2 Å². The van der Waals surface area contributed by atoms with E-state index in [4.69, 9.17) is 0 Å². The van der Waals surface area contributed by atoms with E-state index in [-0.39, 0.29) is 5.69 Å². The van der Waals surface area contributed by atoms with E-state index in [1.54, 1.807) is 16.7 Å². The molecular weight excluding hydrogens is 442 g/mol. The van der Waals surface area contributed by atoms with E-state index in [0.717, 1.165) is 16.6 Å². The standard InChI is InChI=1S/C18H8BrF4N5/c19-9-1-4-14-11(5-9)16-15(7-24-14)27-8-25-26-17(27)28(16)10-2-3-13(20)12(6-10)18(21,22)23/h1-8H. The summed E-state index contributed by atoms with van der Waals surface area (Å²) in [5.74, 6) is -1.04. The summed E-state index contributed by atoms with van der Waals surface area (Å²) >= 11 is 3.41. The molecule has 0 unspecified atom stereocenters. The van der Waals surface area contributed by atoms with Crippen molar-refractivity contribution in [1.29, 1.82) is 0 Å². The molecule has 5 aromatic rings. The number of hydrogen-bond acceptors (Lipinski definition) is 3. The molecule has 28 heavy (non-hydrogen) atoms. The SMILES string of the molecule is Fc1ccc(-n2c3c4cc(Br)ccc4ncc3n3cnnc23)cc1C(F)(F)F. The first-order valence-electron chi connectivity index (χ1n) is 8.00. The molecule has 0 fully saturated rings. The second-order valence-electron chi connectivity index (χ2n) is 6.15. The normalized spacial score (nSPS) is 12.5. The zero-order valence-electron chi connectivity index (χ0n) is 13.7. The number of aromatic nitrogens is 5. The number of fused-ring (bicyclic) bond motifs is 5. The highest BCUT2D eigenvalue weighted by molar-refractivity contribution is 9.10.